The summed E-state index contributed by atoms with van der Waals surface area (Å²) in [6.07, 6.45) is -4.52. The van der Waals surface area contributed by atoms with Crippen LogP contribution in [-0.4, -0.2) is 31.2 Å². The van der Waals surface area contributed by atoms with Gasteiger partial charge in [-0.05, 0) is 36.8 Å². The lowest BCUT2D eigenvalue weighted by Gasteiger charge is -2.37. The van der Waals surface area contributed by atoms with Gasteiger partial charge in [-0.1, -0.05) is 12.1 Å². The Kier molecular flexibility index (Phi) is 4.53. The molecule has 1 saturated heterocycles. The molecule has 2 aromatic rings. The van der Waals surface area contributed by atoms with Crippen molar-refractivity contribution >= 4 is 11.5 Å². The molecule has 130 valence electrons. The van der Waals surface area contributed by atoms with Gasteiger partial charge >= 0.3 is 6.18 Å². The van der Waals surface area contributed by atoms with E-state index in [1.54, 1.807) is 4.90 Å². The summed E-state index contributed by atoms with van der Waals surface area (Å²) < 4.78 is 38.8. The van der Waals surface area contributed by atoms with Crippen LogP contribution in [0.5, 0.6) is 0 Å². The van der Waals surface area contributed by atoms with Gasteiger partial charge < -0.3 is 9.80 Å². The molecule has 0 aliphatic carbocycles. The van der Waals surface area contributed by atoms with Crippen molar-refractivity contribution in [2.75, 3.05) is 36.0 Å². The van der Waals surface area contributed by atoms with Gasteiger partial charge in [-0.2, -0.15) is 18.4 Å². The summed E-state index contributed by atoms with van der Waals surface area (Å²) in [5.74, 6) is 0.112. The molecule has 1 aliphatic heterocycles. The molecule has 0 unspecified atom stereocenters. The summed E-state index contributed by atoms with van der Waals surface area (Å²) in [5.41, 5.74) is 1.45. The minimum Gasteiger partial charge on any atom is -0.368 e. The Bertz CT molecular complexity index is 803. The third kappa shape index (κ3) is 3.68. The first-order valence-corrected chi connectivity index (χ1v) is 7.93. The summed E-state index contributed by atoms with van der Waals surface area (Å²) in [6.45, 7) is 4.36. The Morgan fingerprint density at radius 2 is 1.72 bits per heavy atom. The molecule has 25 heavy (non-hydrogen) atoms. The average Bonchev–Trinajstić information content (AvgIpc) is 2.60. The Hall–Kier alpha value is -2.75. The monoisotopic (exact) mass is 346 g/mol. The normalized spacial score (nSPS) is 15.2. The number of pyridine rings is 1. The highest BCUT2D eigenvalue weighted by molar-refractivity contribution is 5.57. The molecule has 0 radical (unpaired) electrons. The number of nitriles is 1. The maximum absolute atomic E-state index is 12.9. The largest absolute Gasteiger partial charge is 0.433 e. The van der Waals surface area contributed by atoms with Crippen LogP contribution in [0.4, 0.5) is 24.7 Å². The SMILES string of the molecule is Cc1cccc(N2CCN(c3nc(C(F)(F)F)ccc3C#N)CC2)c1. The van der Waals surface area contributed by atoms with Gasteiger partial charge in [0.1, 0.15) is 17.6 Å². The Morgan fingerprint density at radius 1 is 1.04 bits per heavy atom. The van der Waals surface area contributed by atoms with Gasteiger partial charge in [0.15, 0.2) is 0 Å². The molecule has 7 heteroatoms. The summed E-state index contributed by atoms with van der Waals surface area (Å²) in [5, 5.41) is 9.19. The predicted octanol–water partition coefficient (Wildman–Crippen LogP) is 3.61. The smallest absolute Gasteiger partial charge is 0.368 e. The second kappa shape index (κ2) is 6.63. The highest BCUT2D eigenvalue weighted by Gasteiger charge is 2.34. The van der Waals surface area contributed by atoms with Gasteiger partial charge in [-0.15, -0.1) is 0 Å². The van der Waals surface area contributed by atoms with Crippen LogP contribution < -0.4 is 9.80 Å². The van der Waals surface area contributed by atoms with Gasteiger partial charge in [-0.3, -0.25) is 0 Å². The molecule has 1 fully saturated rings. The molecule has 4 nitrogen and oxygen atoms in total. The van der Waals surface area contributed by atoms with Crippen molar-refractivity contribution in [3.05, 3.63) is 53.2 Å². The van der Waals surface area contributed by atoms with Crippen molar-refractivity contribution in [2.24, 2.45) is 0 Å². The van der Waals surface area contributed by atoms with E-state index in [0.717, 1.165) is 17.3 Å². The van der Waals surface area contributed by atoms with E-state index in [2.05, 4.69) is 16.0 Å². The fraction of sp³-hybridized carbons (Fsp3) is 0.333. The summed E-state index contributed by atoms with van der Waals surface area (Å²) in [4.78, 5) is 7.64. The van der Waals surface area contributed by atoms with Crippen LogP contribution in [0.2, 0.25) is 0 Å². The van der Waals surface area contributed by atoms with Crippen LogP contribution in [0.1, 0.15) is 16.8 Å². The van der Waals surface area contributed by atoms with E-state index >= 15 is 0 Å². The highest BCUT2D eigenvalue weighted by atomic mass is 19.4. The maximum Gasteiger partial charge on any atom is 0.433 e. The number of aryl methyl sites for hydroxylation is 1. The minimum absolute atomic E-state index is 0.112. The van der Waals surface area contributed by atoms with E-state index in [9.17, 15) is 18.4 Å². The molecule has 3 rings (SSSR count). The van der Waals surface area contributed by atoms with Crippen LogP contribution >= 0.6 is 0 Å². The topological polar surface area (TPSA) is 43.2 Å². The van der Waals surface area contributed by atoms with Gasteiger partial charge in [0.05, 0.1) is 5.56 Å². The number of hydrogen-bond acceptors (Lipinski definition) is 4. The molecule has 0 amide bonds. The fourth-order valence-electron chi connectivity index (χ4n) is 2.94. The molecule has 0 spiro atoms. The van der Waals surface area contributed by atoms with Gasteiger partial charge in [0, 0.05) is 31.9 Å². The molecular formula is C18H17F3N4. The van der Waals surface area contributed by atoms with Gasteiger partial charge in [0.25, 0.3) is 0 Å². The lowest BCUT2D eigenvalue weighted by Crippen LogP contribution is -2.47. The van der Waals surface area contributed by atoms with Crippen LogP contribution in [-0.2, 0) is 6.18 Å². The third-order valence-electron chi connectivity index (χ3n) is 4.23. The maximum atomic E-state index is 12.9. The van der Waals surface area contributed by atoms with E-state index < -0.39 is 11.9 Å². The van der Waals surface area contributed by atoms with Crippen LogP contribution in [0.3, 0.4) is 0 Å². The van der Waals surface area contributed by atoms with E-state index in [1.165, 1.54) is 6.07 Å². The summed E-state index contributed by atoms with van der Waals surface area (Å²) in [6, 6.07) is 12.1. The minimum atomic E-state index is -4.52. The fourth-order valence-corrected chi connectivity index (χ4v) is 2.94. The average molecular weight is 346 g/mol. The Balaban J connectivity index is 1.80. The van der Waals surface area contributed by atoms with Crippen LogP contribution in [0.25, 0.3) is 0 Å². The predicted molar refractivity (Wildman–Crippen MR) is 89.6 cm³/mol. The lowest BCUT2D eigenvalue weighted by molar-refractivity contribution is -0.141. The van der Waals surface area contributed by atoms with Crippen molar-refractivity contribution in [1.29, 1.82) is 5.26 Å². The van der Waals surface area contributed by atoms with Crippen molar-refractivity contribution in [3.63, 3.8) is 0 Å². The molecular weight excluding hydrogens is 329 g/mol. The number of aromatic nitrogens is 1. The number of benzene rings is 1. The second-order valence-corrected chi connectivity index (χ2v) is 5.99. The lowest BCUT2D eigenvalue weighted by atomic mass is 10.1. The van der Waals surface area contributed by atoms with Crippen molar-refractivity contribution in [2.45, 2.75) is 13.1 Å². The van der Waals surface area contributed by atoms with Gasteiger partial charge in [-0.25, -0.2) is 4.98 Å². The number of nitrogens with zero attached hydrogens (tertiary/aromatic N) is 4. The second-order valence-electron chi connectivity index (χ2n) is 5.99. The number of halogens is 3. The van der Waals surface area contributed by atoms with Crippen molar-refractivity contribution < 1.29 is 13.2 Å². The quantitative estimate of drug-likeness (QED) is 0.833. The van der Waals surface area contributed by atoms with E-state index in [4.69, 9.17) is 0 Å². The first-order chi connectivity index (χ1) is 11.9. The molecule has 0 bridgehead atoms. The zero-order valence-corrected chi connectivity index (χ0v) is 13.7. The van der Waals surface area contributed by atoms with Crippen molar-refractivity contribution in [1.82, 2.24) is 4.98 Å². The first kappa shape index (κ1) is 17.1. The first-order valence-electron chi connectivity index (χ1n) is 7.93. The Morgan fingerprint density at radius 3 is 2.32 bits per heavy atom. The zero-order chi connectivity index (χ0) is 18.0. The van der Waals surface area contributed by atoms with E-state index in [-0.39, 0.29) is 11.4 Å². The number of rotatable bonds is 2. The Labute approximate surface area is 144 Å². The molecule has 1 aromatic carbocycles. The third-order valence-corrected chi connectivity index (χ3v) is 4.23. The number of hydrogen-bond donors (Lipinski definition) is 0. The number of anilines is 2. The zero-order valence-electron chi connectivity index (χ0n) is 13.7. The molecule has 2 heterocycles. The van der Waals surface area contributed by atoms with E-state index in [0.29, 0.717) is 26.2 Å². The molecule has 0 atom stereocenters. The van der Waals surface area contributed by atoms with Crippen molar-refractivity contribution in [3.8, 4) is 6.07 Å². The molecule has 1 aromatic heterocycles. The van der Waals surface area contributed by atoms with Crippen LogP contribution in [0, 0.1) is 18.3 Å². The summed E-state index contributed by atoms with van der Waals surface area (Å²) >= 11 is 0. The highest BCUT2D eigenvalue weighted by Crippen LogP contribution is 2.31. The molecule has 0 saturated carbocycles. The number of alkyl halides is 3. The molecule has 1 aliphatic rings. The number of piperazine rings is 1. The summed E-state index contributed by atoms with van der Waals surface area (Å²) in [7, 11) is 0. The van der Waals surface area contributed by atoms with Gasteiger partial charge in [0.2, 0.25) is 0 Å². The standard InChI is InChI=1S/C18H17F3N4/c1-13-3-2-4-15(11-13)24-7-9-25(10-8-24)17-14(12-22)5-6-16(23-17)18(19,20)21/h2-6,11H,7-10H2,1H3. The molecule has 0 N–H and O–H groups in total. The van der Waals surface area contributed by atoms with Crippen LogP contribution in [0.15, 0.2) is 36.4 Å². The van der Waals surface area contributed by atoms with E-state index in [1.807, 2.05) is 31.2 Å².